The number of hydrogen-bond donors (Lipinski definition) is 0. The lowest BCUT2D eigenvalue weighted by molar-refractivity contribution is -0.119. The average molecular weight is 177 g/mol. The molecule has 0 saturated heterocycles. The van der Waals surface area contributed by atoms with Gasteiger partial charge in [-0.1, -0.05) is 6.92 Å². The van der Waals surface area contributed by atoms with E-state index in [-0.39, 0.29) is 17.4 Å². The van der Waals surface area contributed by atoms with Crippen molar-refractivity contribution < 1.29 is 9.59 Å². The quantitative estimate of drug-likeness (QED) is 0.580. The number of carbonyl (C=O) groups is 2. The molecule has 0 aromatic rings. The monoisotopic (exact) mass is 176 g/mol. The van der Waals surface area contributed by atoms with Crippen LogP contribution in [0.1, 0.15) is 32.6 Å². The van der Waals surface area contributed by atoms with Gasteiger partial charge in [-0.15, -0.1) is 11.6 Å². The minimum Gasteiger partial charge on any atom is -0.300 e. The zero-order chi connectivity index (χ0) is 8.69. The van der Waals surface area contributed by atoms with E-state index in [0.717, 1.165) is 0 Å². The topological polar surface area (TPSA) is 34.1 Å². The molecule has 0 unspecified atom stereocenters. The fourth-order valence-corrected chi connectivity index (χ4v) is 0.860. The summed E-state index contributed by atoms with van der Waals surface area (Å²) in [7, 11) is 0. The molecule has 0 aliphatic heterocycles. The van der Waals surface area contributed by atoms with Crippen molar-refractivity contribution >= 4 is 23.2 Å². The third-order valence-electron chi connectivity index (χ3n) is 1.45. The molecule has 0 amide bonds. The molecule has 0 aliphatic carbocycles. The van der Waals surface area contributed by atoms with Gasteiger partial charge < -0.3 is 0 Å². The molecule has 3 heteroatoms. The van der Waals surface area contributed by atoms with E-state index < -0.39 is 0 Å². The smallest absolute Gasteiger partial charge is 0.147 e. The zero-order valence-corrected chi connectivity index (χ0v) is 7.49. The van der Waals surface area contributed by atoms with E-state index in [1.165, 1.54) is 0 Å². The Morgan fingerprint density at radius 3 is 2.18 bits per heavy atom. The van der Waals surface area contributed by atoms with E-state index in [2.05, 4.69) is 0 Å². The van der Waals surface area contributed by atoms with Crippen LogP contribution in [0.3, 0.4) is 0 Å². The molecule has 0 saturated carbocycles. The molecule has 2 nitrogen and oxygen atoms in total. The third-order valence-corrected chi connectivity index (χ3v) is 1.75. The second-order valence-corrected chi connectivity index (χ2v) is 2.69. The fourth-order valence-electron chi connectivity index (χ4n) is 0.726. The molecule has 0 N–H and O–H groups in total. The lowest BCUT2D eigenvalue weighted by atomic mass is 10.1. The van der Waals surface area contributed by atoms with Crippen LogP contribution < -0.4 is 0 Å². The second kappa shape index (κ2) is 6.35. The van der Waals surface area contributed by atoms with E-state index in [0.29, 0.717) is 25.7 Å². The normalized spacial score (nSPS) is 9.64. The fraction of sp³-hybridized carbons (Fsp3) is 0.750. The van der Waals surface area contributed by atoms with Crippen LogP contribution in [0, 0.1) is 0 Å². The van der Waals surface area contributed by atoms with Crippen LogP contribution in [-0.4, -0.2) is 17.4 Å². The molecule has 0 aromatic carbocycles. The average Bonchev–Trinajstić information content (AvgIpc) is 2.04. The summed E-state index contributed by atoms with van der Waals surface area (Å²) in [6.07, 6.45) is 2.17. The van der Waals surface area contributed by atoms with E-state index in [1.807, 2.05) is 6.92 Å². The molecular formula is C8H13ClO2. The molecule has 0 spiro atoms. The predicted octanol–water partition coefficient (Wildman–Crippen LogP) is 1.94. The van der Waals surface area contributed by atoms with E-state index in [4.69, 9.17) is 11.6 Å². The number of rotatable bonds is 6. The van der Waals surface area contributed by atoms with E-state index >= 15 is 0 Å². The standard InChI is InChI=1S/C8H13ClO2/c1-2-7(10)4-3-5-8(11)6-9/h2-6H2,1H3. The lowest BCUT2D eigenvalue weighted by Crippen LogP contribution is -2.01. The first-order chi connectivity index (χ1) is 5.20. The maximum Gasteiger partial charge on any atom is 0.147 e. The predicted molar refractivity (Wildman–Crippen MR) is 44.9 cm³/mol. The van der Waals surface area contributed by atoms with Gasteiger partial charge >= 0.3 is 0 Å². The molecule has 0 rings (SSSR count). The Kier molecular flexibility index (Phi) is 6.13. The molecule has 0 aromatic heterocycles. The SMILES string of the molecule is CCC(=O)CCCC(=O)CCl. The summed E-state index contributed by atoms with van der Waals surface area (Å²) < 4.78 is 0. The summed E-state index contributed by atoms with van der Waals surface area (Å²) in [6.45, 7) is 1.83. The van der Waals surface area contributed by atoms with Gasteiger partial charge in [0.1, 0.15) is 11.6 Å². The molecule has 0 atom stereocenters. The molecule has 0 fully saturated rings. The van der Waals surface area contributed by atoms with Gasteiger partial charge in [-0.2, -0.15) is 0 Å². The maximum atomic E-state index is 10.7. The molecule has 0 heterocycles. The van der Waals surface area contributed by atoms with Gasteiger partial charge in [-0.05, 0) is 6.42 Å². The van der Waals surface area contributed by atoms with Crippen LogP contribution >= 0.6 is 11.6 Å². The molecule has 0 aliphatic rings. The van der Waals surface area contributed by atoms with Gasteiger partial charge in [-0.3, -0.25) is 9.59 Å². The van der Waals surface area contributed by atoms with Crippen LogP contribution in [0.15, 0.2) is 0 Å². The van der Waals surface area contributed by atoms with Crippen LogP contribution in [-0.2, 0) is 9.59 Å². The number of hydrogen-bond acceptors (Lipinski definition) is 2. The van der Waals surface area contributed by atoms with Crippen molar-refractivity contribution in [3.05, 3.63) is 0 Å². The Balaban J connectivity index is 3.27. The van der Waals surface area contributed by atoms with Gasteiger partial charge in [0.05, 0.1) is 5.88 Å². The van der Waals surface area contributed by atoms with Gasteiger partial charge in [0.25, 0.3) is 0 Å². The largest absolute Gasteiger partial charge is 0.300 e. The Hall–Kier alpha value is -0.370. The number of carbonyl (C=O) groups excluding carboxylic acids is 2. The van der Waals surface area contributed by atoms with Gasteiger partial charge in [0, 0.05) is 19.3 Å². The van der Waals surface area contributed by atoms with Gasteiger partial charge in [0.15, 0.2) is 0 Å². The highest BCUT2D eigenvalue weighted by Gasteiger charge is 2.01. The van der Waals surface area contributed by atoms with Crippen molar-refractivity contribution in [1.82, 2.24) is 0 Å². The molecule has 0 radical (unpaired) electrons. The van der Waals surface area contributed by atoms with Crippen LogP contribution in [0.2, 0.25) is 0 Å². The van der Waals surface area contributed by atoms with Gasteiger partial charge in [-0.25, -0.2) is 0 Å². The first-order valence-corrected chi connectivity index (χ1v) is 4.33. The molecule has 11 heavy (non-hydrogen) atoms. The molecule has 0 bridgehead atoms. The van der Waals surface area contributed by atoms with Crippen LogP contribution in [0.25, 0.3) is 0 Å². The number of ketones is 2. The third kappa shape index (κ3) is 6.05. The van der Waals surface area contributed by atoms with E-state index in [9.17, 15) is 9.59 Å². The lowest BCUT2D eigenvalue weighted by Gasteiger charge is -1.95. The Labute approximate surface area is 71.9 Å². The summed E-state index contributed by atoms with van der Waals surface area (Å²) in [4.78, 5) is 21.4. The summed E-state index contributed by atoms with van der Waals surface area (Å²) in [5, 5.41) is 0. The van der Waals surface area contributed by atoms with Crippen molar-refractivity contribution in [3.8, 4) is 0 Å². The highest BCUT2D eigenvalue weighted by Crippen LogP contribution is 2.00. The van der Waals surface area contributed by atoms with Crippen LogP contribution in [0.4, 0.5) is 0 Å². The number of Topliss-reactive ketones (excluding diaryl/α,β-unsaturated/α-hetero) is 2. The Morgan fingerprint density at radius 2 is 1.73 bits per heavy atom. The molecule has 64 valence electrons. The highest BCUT2D eigenvalue weighted by atomic mass is 35.5. The van der Waals surface area contributed by atoms with Gasteiger partial charge in [0.2, 0.25) is 0 Å². The maximum absolute atomic E-state index is 10.7. The first-order valence-electron chi connectivity index (χ1n) is 3.80. The first kappa shape index (κ1) is 10.6. The highest BCUT2D eigenvalue weighted by molar-refractivity contribution is 6.27. The molecular weight excluding hydrogens is 164 g/mol. The Bertz CT molecular complexity index is 127. The van der Waals surface area contributed by atoms with Crippen molar-refractivity contribution in [1.29, 1.82) is 0 Å². The van der Waals surface area contributed by atoms with E-state index in [1.54, 1.807) is 0 Å². The summed E-state index contributed by atoms with van der Waals surface area (Å²) >= 11 is 5.27. The summed E-state index contributed by atoms with van der Waals surface area (Å²) in [5.74, 6) is 0.309. The number of alkyl halides is 1. The van der Waals surface area contributed by atoms with Crippen molar-refractivity contribution in [2.45, 2.75) is 32.6 Å². The van der Waals surface area contributed by atoms with Crippen molar-refractivity contribution in [2.24, 2.45) is 0 Å². The number of halogens is 1. The van der Waals surface area contributed by atoms with Crippen molar-refractivity contribution in [2.75, 3.05) is 5.88 Å². The van der Waals surface area contributed by atoms with Crippen molar-refractivity contribution in [3.63, 3.8) is 0 Å². The summed E-state index contributed by atoms with van der Waals surface area (Å²) in [6, 6.07) is 0. The minimum absolute atomic E-state index is 0.0237. The zero-order valence-electron chi connectivity index (χ0n) is 6.73. The minimum atomic E-state index is 0.0237. The Morgan fingerprint density at radius 1 is 1.18 bits per heavy atom. The summed E-state index contributed by atoms with van der Waals surface area (Å²) in [5.41, 5.74) is 0. The second-order valence-electron chi connectivity index (χ2n) is 2.42. The van der Waals surface area contributed by atoms with Crippen LogP contribution in [0.5, 0.6) is 0 Å².